The van der Waals surface area contributed by atoms with Gasteiger partial charge in [-0.3, -0.25) is 9.59 Å². The Labute approximate surface area is 87.8 Å². The number of rotatable bonds is 7. The van der Waals surface area contributed by atoms with Gasteiger partial charge < -0.3 is 10.4 Å². The van der Waals surface area contributed by atoms with Gasteiger partial charge in [-0.1, -0.05) is 13.0 Å². The smallest absolute Gasteiger partial charge is 0.316 e. The predicted molar refractivity (Wildman–Crippen MR) is 57.4 cm³/mol. The van der Waals surface area contributed by atoms with Crippen LogP contribution < -0.4 is 5.32 Å². The zero-order valence-corrected chi connectivity index (χ0v) is 8.97. The maximum atomic E-state index is 11.1. The van der Waals surface area contributed by atoms with Crippen LogP contribution in [-0.4, -0.2) is 34.5 Å². The van der Waals surface area contributed by atoms with Crippen molar-refractivity contribution in [2.24, 2.45) is 0 Å². The van der Waals surface area contributed by atoms with Gasteiger partial charge in [0.05, 0.1) is 5.75 Å². The maximum absolute atomic E-state index is 11.1. The van der Waals surface area contributed by atoms with Crippen LogP contribution >= 0.6 is 11.8 Å². The molecule has 0 spiro atoms. The molecule has 0 saturated carbocycles. The summed E-state index contributed by atoms with van der Waals surface area (Å²) in [7, 11) is 0. The molecular formula is C9H15NO3S. The van der Waals surface area contributed by atoms with Crippen molar-refractivity contribution >= 4 is 23.6 Å². The van der Waals surface area contributed by atoms with Crippen LogP contribution in [-0.2, 0) is 9.59 Å². The zero-order chi connectivity index (χ0) is 11.0. The second-order valence-electron chi connectivity index (χ2n) is 2.64. The third-order valence-corrected chi connectivity index (χ3v) is 2.87. The van der Waals surface area contributed by atoms with Crippen LogP contribution in [0.3, 0.4) is 0 Å². The van der Waals surface area contributed by atoms with E-state index in [0.717, 1.165) is 11.8 Å². The number of carboxylic acid groups (broad SMARTS) is 1. The molecule has 0 rings (SSSR count). The fraction of sp³-hybridized carbons (Fsp3) is 0.556. The molecule has 1 amide bonds. The second kappa shape index (κ2) is 7.44. The fourth-order valence-electron chi connectivity index (χ4n) is 0.777. The number of nitrogens with one attached hydrogen (secondary N) is 1. The number of carbonyl (C=O) groups is 2. The van der Waals surface area contributed by atoms with Gasteiger partial charge in [0.15, 0.2) is 0 Å². The summed E-state index contributed by atoms with van der Waals surface area (Å²) in [5.74, 6) is -0.845. The van der Waals surface area contributed by atoms with Crippen molar-refractivity contribution in [3.05, 3.63) is 12.7 Å². The molecule has 0 saturated heterocycles. The van der Waals surface area contributed by atoms with Crippen molar-refractivity contribution < 1.29 is 14.7 Å². The first-order valence-corrected chi connectivity index (χ1v) is 5.38. The quantitative estimate of drug-likeness (QED) is 0.621. The van der Waals surface area contributed by atoms with Gasteiger partial charge in [-0.15, -0.1) is 18.3 Å². The minimum atomic E-state index is -0.867. The lowest BCUT2D eigenvalue weighted by atomic mass is 10.3. The highest BCUT2D eigenvalue weighted by atomic mass is 32.2. The van der Waals surface area contributed by atoms with E-state index in [2.05, 4.69) is 11.9 Å². The summed E-state index contributed by atoms with van der Waals surface area (Å²) in [6.45, 7) is 5.66. The molecule has 1 unspecified atom stereocenters. The van der Waals surface area contributed by atoms with Crippen LogP contribution in [0.4, 0.5) is 0 Å². The van der Waals surface area contributed by atoms with E-state index in [4.69, 9.17) is 5.11 Å². The van der Waals surface area contributed by atoms with Crippen LogP contribution in [0.1, 0.15) is 13.3 Å². The highest BCUT2D eigenvalue weighted by molar-refractivity contribution is 8.01. The molecule has 14 heavy (non-hydrogen) atoms. The maximum Gasteiger partial charge on any atom is 0.316 e. The average molecular weight is 217 g/mol. The molecule has 0 aromatic rings. The Morgan fingerprint density at radius 3 is 2.71 bits per heavy atom. The van der Waals surface area contributed by atoms with Crippen LogP contribution in [0.2, 0.25) is 0 Å². The summed E-state index contributed by atoms with van der Waals surface area (Å²) in [6.07, 6.45) is 2.10. The first-order valence-electron chi connectivity index (χ1n) is 4.33. The third-order valence-electron chi connectivity index (χ3n) is 1.51. The van der Waals surface area contributed by atoms with Crippen molar-refractivity contribution in [3.63, 3.8) is 0 Å². The van der Waals surface area contributed by atoms with E-state index in [1.807, 2.05) is 0 Å². The molecule has 0 aliphatic heterocycles. The molecule has 0 aliphatic carbocycles. The van der Waals surface area contributed by atoms with Crippen LogP contribution in [0.25, 0.3) is 0 Å². The largest absolute Gasteiger partial charge is 0.480 e. The summed E-state index contributed by atoms with van der Waals surface area (Å²) in [5.41, 5.74) is 0. The highest BCUT2D eigenvalue weighted by Crippen LogP contribution is 2.13. The molecule has 80 valence electrons. The Balaban J connectivity index is 3.73. The number of aliphatic carboxylic acids is 1. The van der Waals surface area contributed by atoms with Gasteiger partial charge in [-0.25, -0.2) is 0 Å². The van der Waals surface area contributed by atoms with E-state index in [-0.39, 0.29) is 11.7 Å². The van der Waals surface area contributed by atoms with Gasteiger partial charge in [0.25, 0.3) is 0 Å². The molecule has 5 heteroatoms. The Kier molecular flexibility index (Phi) is 6.92. The summed E-state index contributed by atoms with van der Waals surface area (Å²) in [4.78, 5) is 21.7. The molecule has 0 aliphatic rings. The van der Waals surface area contributed by atoms with Crippen molar-refractivity contribution in [2.75, 3.05) is 12.3 Å². The molecule has 4 nitrogen and oxygen atoms in total. The molecule has 0 aromatic heterocycles. The lowest BCUT2D eigenvalue weighted by molar-refractivity contribution is -0.136. The molecule has 0 radical (unpaired) electrons. The molecule has 0 bridgehead atoms. The van der Waals surface area contributed by atoms with Gasteiger partial charge in [0.2, 0.25) is 5.91 Å². The van der Waals surface area contributed by atoms with Gasteiger partial charge in [0, 0.05) is 6.54 Å². The lowest BCUT2D eigenvalue weighted by Crippen LogP contribution is -2.27. The molecule has 0 fully saturated rings. The lowest BCUT2D eigenvalue weighted by Gasteiger charge is -2.08. The number of thioether (sulfide) groups is 1. The van der Waals surface area contributed by atoms with Crippen LogP contribution in [0.15, 0.2) is 12.7 Å². The van der Waals surface area contributed by atoms with E-state index in [0.29, 0.717) is 13.0 Å². The molecule has 1 atom stereocenters. The Hall–Kier alpha value is -0.970. The van der Waals surface area contributed by atoms with Crippen LogP contribution in [0, 0.1) is 0 Å². The normalized spacial score (nSPS) is 11.8. The summed E-state index contributed by atoms with van der Waals surface area (Å²) in [6, 6.07) is 0. The topological polar surface area (TPSA) is 66.4 Å². The molecule has 0 heterocycles. The first-order chi connectivity index (χ1) is 6.61. The van der Waals surface area contributed by atoms with E-state index in [1.54, 1.807) is 13.0 Å². The van der Waals surface area contributed by atoms with E-state index < -0.39 is 11.2 Å². The Bertz CT molecular complexity index is 218. The van der Waals surface area contributed by atoms with Crippen molar-refractivity contribution in [1.29, 1.82) is 0 Å². The summed E-state index contributed by atoms with van der Waals surface area (Å²) in [5, 5.41) is 10.8. The van der Waals surface area contributed by atoms with Crippen LogP contribution in [0.5, 0.6) is 0 Å². The molecular weight excluding hydrogens is 202 g/mol. The van der Waals surface area contributed by atoms with E-state index >= 15 is 0 Å². The van der Waals surface area contributed by atoms with E-state index in [9.17, 15) is 9.59 Å². The standard InChI is InChI=1S/C9H15NO3S/c1-3-5-10-8(11)6-14-7(4-2)9(12)13/h3,7H,1,4-6H2,2H3,(H,10,11)(H,12,13). The number of hydrogen-bond acceptors (Lipinski definition) is 3. The van der Waals surface area contributed by atoms with Gasteiger partial charge in [-0.2, -0.15) is 0 Å². The third kappa shape index (κ3) is 5.64. The Morgan fingerprint density at radius 1 is 1.64 bits per heavy atom. The monoisotopic (exact) mass is 217 g/mol. The minimum Gasteiger partial charge on any atom is -0.480 e. The van der Waals surface area contributed by atoms with Crippen molar-refractivity contribution in [3.8, 4) is 0 Å². The number of hydrogen-bond donors (Lipinski definition) is 2. The average Bonchev–Trinajstić information content (AvgIpc) is 2.15. The summed E-state index contributed by atoms with van der Waals surface area (Å²) < 4.78 is 0. The van der Waals surface area contributed by atoms with E-state index in [1.165, 1.54) is 0 Å². The van der Waals surface area contributed by atoms with Crippen molar-refractivity contribution in [2.45, 2.75) is 18.6 Å². The highest BCUT2D eigenvalue weighted by Gasteiger charge is 2.16. The first kappa shape index (κ1) is 13.0. The van der Waals surface area contributed by atoms with Crippen molar-refractivity contribution in [1.82, 2.24) is 5.32 Å². The second-order valence-corrected chi connectivity index (χ2v) is 3.83. The zero-order valence-electron chi connectivity index (χ0n) is 8.16. The molecule has 2 N–H and O–H groups in total. The number of carboxylic acids is 1. The number of carbonyl (C=O) groups excluding carboxylic acids is 1. The Morgan fingerprint density at radius 2 is 2.29 bits per heavy atom. The summed E-state index contributed by atoms with van der Waals surface area (Å²) >= 11 is 1.14. The predicted octanol–water partition coefficient (Wildman–Crippen LogP) is 0.885. The number of amides is 1. The SMILES string of the molecule is C=CCNC(=O)CSC(CC)C(=O)O. The van der Waals surface area contributed by atoms with Gasteiger partial charge in [0.1, 0.15) is 5.25 Å². The molecule has 0 aromatic carbocycles. The fourth-order valence-corrected chi connectivity index (χ4v) is 1.61. The van der Waals surface area contributed by atoms with Gasteiger partial charge >= 0.3 is 5.97 Å². The van der Waals surface area contributed by atoms with Gasteiger partial charge in [-0.05, 0) is 6.42 Å². The minimum absolute atomic E-state index is 0.158.